The van der Waals surface area contributed by atoms with Gasteiger partial charge in [-0.1, -0.05) is 32.5 Å². The first-order valence-corrected chi connectivity index (χ1v) is 7.65. The summed E-state index contributed by atoms with van der Waals surface area (Å²) in [6.07, 6.45) is 2.64. The zero-order valence-electron chi connectivity index (χ0n) is 11.3. The van der Waals surface area contributed by atoms with Crippen molar-refractivity contribution in [2.24, 2.45) is 10.4 Å². The number of nitrogens with zero attached hydrogens (tertiary/aromatic N) is 1. The Hall–Kier alpha value is -0.220. The van der Waals surface area contributed by atoms with Crippen molar-refractivity contribution < 1.29 is 4.74 Å². The fourth-order valence-electron chi connectivity index (χ4n) is 2.44. The molecule has 1 aliphatic carbocycles. The number of aliphatic imine (C=N–C) groups is 1. The molecule has 17 heavy (non-hydrogen) atoms. The van der Waals surface area contributed by atoms with Gasteiger partial charge in [0.1, 0.15) is 0 Å². The van der Waals surface area contributed by atoms with E-state index in [0.29, 0.717) is 18.2 Å². The van der Waals surface area contributed by atoms with Crippen LogP contribution in [0, 0.1) is 5.41 Å². The maximum absolute atomic E-state index is 5.73. The number of hydrogen-bond donors (Lipinski definition) is 1. The predicted molar refractivity (Wildman–Crippen MR) is 74.7 cm³/mol. The Labute approximate surface area is 109 Å². The van der Waals surface area contributed by atoms with Gasteiger partial charge in [-0.05, 0) is 19.8 Å². The second-order valence-corrected chi connectivity index (χ2v) is 6.52. The molecule has 4 heteroatoms. The van der Waals surface area contributed by atoms with Crippen molar-refractivity contribution in [3.05, 3.63) is 0 Å². The van der Waals surface area contributed by atoms with Crippen molar-refractivity contribution in [3.63, 3.8) is 0 Å². The van der Waals surface area contributed by atoms with Crippen molar-refractivity contribution in [3.8, 4) is 0 Å². The van der Waals surface area contributed by atoms with E-state index in [9.17, 15) is 0 Å². The molecule has 0 radical (unpaired) electrons. The van der Waals surface area contributed by atoms with E-state index in [1.165, 1.54) is 6.42 Å². The van der Waals surface area contributed by atoms with E-state index in [1.54, 1.807) is 0 Å². The lowest BCUT2D eigenvalue weighted by Crippen LogP contribution is -2.54. The topological polar surface area (TPSA) is 33.6 Å². The van der Waals surface area contributed by atoms with Crippen LogP contribution in [-0.2, 0) is 4.74 Å². The van der Waals surface area contributed by atoms with Gasteiger partial charge in [0.05, 0.1) is 12.1 Å². The molecule has 3 atom stereocenters. The van der Waals surface area contributed by atoms with Crippen LogP contribution in [0.15, 0.2) is 4.99 Å². The van der Waals surface area contributed by atoms with Crippen LogP contribution in [0.25, 0.3) is 0 Å². The third-order valence-electron chi connectivity index (χ3n) is 4.01. The number of rotatable bonds is 4. The summed E-state index contributed by atoms with van der Waals surface area (Å²) >= 11 is 1.87. The molecule has 2 fully saturated rings. The van der Waals surface area contributed by atoms with E-state index in [2.05, 4.69) is 33.0 Å². The summed E-state index contributed by atoms with van der Waals surface area (Å²) < 4.78 is 5.73. The molecular formula is C13H24N2OS. The summed E-state index contributed by atoms with van der Waals surface area (Å²) in [5.41, 5.74) is 0.190. The van der Waals surface area contributed by atoms with Gasteiger partial charge in [0.15, 0.2) is 5.17 Å². The number of hydrogen-bond acceptors (Lipinski definition) is 3. The molecular weight excluding hydrogens is 232 g/mol. The minimum atomic E-state index is 0.190. The first-order valence-electron chi connectivity index (χ1n) is 6.66. The molecule has 2 aliphatic rings. The van der Waals surface area contributed by atoms with Crippen molar-refractivity contribution in [1.29, 1.82) is 0 Å². The average molecular weight is 256 g/mol. The van der Waals surface area contributed by atoms with Gasteiger partial charge >= 0.3 is 0 Å². The highest BCUT2D eigenvalue weighted by Gasteiger charge is 2.49. The SMILES string of the molecule is CCOC1CC(N=C2NC(CC)CS2)C1(C)C. The van der Waals surface area contributed by atoms with E-state index < -0.39 is 0 Å². The second kappa shape index (κ2) is 5.19. The molecule has 1 saturated heterocycles. The number of nitrogens with one attached hydrogen (secondary N) is 1. The first kappa shape index (κ1) is 13.2. The molecule has 1 heterocycles. The minimum Gasteiger partial charge on any atom is -0.378 e. The Kier molecular flexibility index (Phi) is 4.03. The van der Waals surface area contributed by atoms with Crippen LogP contribution in [-0.4, -0.2) is 35.7 Å². The van der Waals surface area contributed by atoms with Gasteiger partial charge in [0.25, 0.3) is 0 Å². The van der Waals surface area contributed by atoms with Crippen LogP contribution >= 0.6 is 11.8 Å². The van der Waals surface area contributed by atoms with Crippen molar-refractivity contribution in [2.45, 2.75) is 58.7 Å². The highest BCUT2D eigenvalue weighted by Crippen LogP contribution is 2.45. The van der Waals surface area contributed by atoms with Crippen molar-refractivity contribution in [1.82, 2.24) is 5.32 Å². The molecule has 1 N–H and O–H groups in total. The van der Waals surface area contributed by atoms with Gasteiger partial charge in [-0.15, -0.1) is 0 Å². The standard InChI is InChI=1S/C13H24N2OS/c1-5-9-8-17-12(14-9)15-10-7-11(16-6-2)13(10,3)4/h9-11H,5-8H2,1-4H3,(H,14,15). The van der Waals surface area contributed by atoms with Crippen LogP contribution in [0.3, 0.4) is 0 Å². The van der Waals surface area contributed by atoms with Gasteiger partial charge < -0.3 is 10.1 Å². The Balaban J connectivity index is 1.91. The molecule has 2 rings (SSSR count). The monoisotopic (exact) mass is 256 g/mol. The van der Waals surface area contributed by atoms with Crippen LogP contribution < -0.4 is 5.32 Å². The van der Waals surface area contributed by atoms with Crippen LogP contribution in [0.2, 0.25) is 0 Å². The van der Waals surface area contributed by atoms with E-state index in [1.807, 2.05) is 11.8 Å². The largest absolute Gasteiger partial charge is 0.378 e. The number of thioether (sulfide) groups is 1. The summed E-state index contributed by atoms with van der Waals surface area (Å²) in [6, 6.07) is 1.04. The fraction of sp³-hybridized carbons (Fsp3) is 0.923. The molecule has 0 aromatic rings. The molecule has 3 unspecified atom stereocenters. The van der Waals surface area contributed by atoms with Crippen molar-refractivity contribution >= 4 is 16.9 Å². The Morgan fingerprint density at radius 3 is 2.76 bits per heavy atom. The third kappa shape index (κ3) is 2.63. The summed E-state index contributed by atoms with van der Waals surface area (Å²) in [5, 5.41) is 4.64. The summed E-state index contributed by atoms with van der Waals surface area (Å²) in [6.45, 7) is 9.63. The quantitative estimate of drug-likeness (QED) is 0.839. The van der Waals surface area contributed by atoms with Crippen molar-refractivity contribution in [2.75, 3.05) is 12.4 Å². The first-order chi connectivity index (χ1) is 8.07. The van der Waals surface area contributed by atoms with E-state index >= 15 is 0 Å². The number of ether oxygens (including phenoxy) is 1. The average Bonchev–Trinajstić information content (AvgIpc) is 2.75. The molecule has 3 nitrogen and oxygen atoms in total. The molecule has 1 aliphatic heterocycles. The smallest absolute Gasteiger partial charge is 0.157 e. The normalized spacial score (nSPS) is 37.9. The Morgan fingerprint density at radius 1 is 1.47 bits per heavy atom. The zero-order chi connectivity index (χ0) is 12.5. The zero-order valence-corrected chi connectivity index (χ0v) is 12.1. The second-order valence-electron chi connectivity index (χ2n) is 5.51. The molecule has 0 spiro atoms. The van der Waals surface area contributed by atoms with E-state index in [4.69, 9.17) is 9.73 Å². The van der Waals surface area contributed by atoms with Crippen LogP contribution in [0.1, 0.15) is 40.5 Å². The molecule has 1 saturated carbocycles. The van der Waals surface area contributed by atoms with Gasteiger partial charge in [0.2, 0.25) is 0 Å². The maximum atomic E-state index is 5.73. The van der Waals surface area contributed by atoms with Gasteiger partial charge in [-0.25, -0.2) is 0 Å². The lowest BCUT2D eigenvalue weighted by Gasteiger charge is -2.49. The lowest BCUT2D eigenvalue weighted by atomic mass is 9.65. The Morgan fingerprint density at radius 2 is 2.24 bits per heavy atom. The molecule has 0 aromatic heterocycles. The molecule has 98 valence electrons. The third-order valence-corrected chi connectivity index (χ3v) is 5.07. The minimum absolute atomic E-state index is 0.190. The highest BCUT2D eigenvalue weighted by molar-refractivity contribution is 8.14. The van der Waals surface area contributed by atoms with E-state index in [0.717, 1.165) is 23.9 Å². The summed E-state index contributed by atoms with van der Waals surface area (Å²) in [4.78, 5) is 4.85. The summed E-state index contributed by atoms with van der Waals surface area (Å²) in [7, 11) is 0. The Bertz CT molecular complexity index is 304. The van der Waals surface area contributed by atoms with Gasteiger partial charge in [0, 0.05) is 23.8 Å². The lowest BCUT2D eigenvalue weighted by molar-refractivity contribution is -0.103. The molecule has 0 bridgehead atoms. The van der Waals surface area contributed by atoms with Gasteiger partial charge in [-0.2, -0.15) is 0 Å². The fourth-order valence-corrected chi connectivity index (χ4v) is 3.57. The number of amidine groups is 1. The molecule has 0 amide bonds. The summed E-state index contributed by atoms with van der Waals surface area (Å²) in [5.74, 6) is 1.16. The maximum Gasteiger partial charge on any atom is 0.157 e. The predicted octanol–water partition coefficient (Wildman–Crippen LogP) is 2.66. The highest BCUT2D eigenvalue weighted by atomic mass is 32.2. The van der Waals surface area contributed by atoms with E-state index in [-0.39, 0.29) is 5.41 Å². The van der Waals surface area contributed by atoms with Crippen LogP contribution in [0.5, 0.6) is 0 Å². The van der Waals surface area contributed by atoms with Crippen LogP contribution in [0.4, 0.5) is 0 Å². The van der Waals surface area contributed by atoms with Gasteiger partial charge in [-0.3, -0.25) is 4.99 Å². The molecule has 0 aromatic carbocycles.